The summed E-state index contributed by atoms with van der Waals surface area (Å²) in [6, 6.07) is 6.17. The van der Waals surface area contributed by atoms with E-state index >= 15 is 0 Å². The minimum Gasteiger partial charge on any atom is -0.497 e. The van der Waals surface area contributed by atoms with Crippen LogP contribution in [-0.2, 0) is 14.4 Å². The first kappa shape index (κ1) is 22.0. The summed E-state index contributed by atoms with van der Waals surface area (Å²) in [7, 11) is 1.57. The molecule has 2 aliphatic heterocycles. The number of carbonyl (C=O) groups is 3. The van der Waals surface area contributed by atoms with Crippen molar-refractivity contribution in [2.24, 2.45) is 0 Å². The smallest absolute Gasteiger partial charge is 0.243 e. The second-order valence-corrected chi connectivity index (χ2v) is 7.59. The summed E-state index contributed by atoms with van der Waals surface area (Å²) in [5.74, 6) is 0.0000976. The van der Waals surface area contributed by atoms with Crippen LogP contribution >= 0.6 is 0 Å². The summed E-state index contributed by atoms with van der Waals surface area (Å²) in [5.41, 5.74) is 0.615. The number of likely N-dealkylation sites (N-methyl/N-ethyl adjacent to an activating group) is 1. The van der Waals surface area contributed by atoms with Gasteiger partial charge in [-0.2, -0.15) is 0 Å². The van der Waals surface area contributed by atoms with Crippen molar-refractivity contribution in [2.45, 2.75) is 19.4 Å². The van der Waals surface area contributed by atoms with E-state index in [0.29, 0.717) is 24.5 Å². The van der Waals surface area contributed by atoms with Gasteiger partial charge in [-0.25, -0.2) is 0 Å². The standard InChI is InChI=1S/C21H31N5O4/c1-3-24-10-12-25(13-11-24)15-20(28)26-9-8-22-21(29)18(26)14-19(27)23-16-4-6-17(30-2)7-5-16/h4-7,18H,3,8-15H2,1-2H3,(H,22,29)(H,23,27)/t18-/m0/s1. The Labute approximate surface area is 177 Å². The lowest BCUT2D eigenvalue weighted by molar-refractivity contribution is -0.145. The van der Waals surface area contributed by atoms with Crippen LogP contribution < -0.4 is 15.4 Å². The summed E-state index contributed by atoms with van der Waals surface area (Å²) >= 11 is 0. The Bertz CT molecular complexity index is 746. The Morgan fingerprint density at radius 2 is 1.77 bits per heavy atom. The van der Waals surface area contributed by atoms with E-state index in [4.69, 9.17) is 4.74 Å². The van der Waals surface area contributed by atoms with Crippen molar-refractivity contribution in [2.75, 3.05) is 64.8 Å². The van der Waals surface area contributed by atoms with Crippen LogP contribution in [0.15, 0.2) is 24.3 Å². The van der Waals surface area contributed by atoms with Gasteiger partial charge in [0.2, 0.25) is 17.7 Å². The van der Waals surface area contributed by atoms with E-state index in [2.05, 4.69) is 27.4 Å². The first-order valence-corrected chi connectivity index (χ1v) is 10.5. The van der Waals surface area contributed by atoms with Gasteiger partial charge in [-0.15, -0.1) is 0 Å². The van der Waals surface area contributed by atoms with Gasteiger partial charge >= 0.3 is 0 Å². The summed E-state index contributed by atoms with van der Waals surface area (Å²) in [6.45, 7) is 7.81. The first-order chi connectivity index (χ1) is 14.5. The quantitative estimate of drug-likeness (QED) is 0.648. The fourth-order valence-corrected chi connectivity index (χ4v) is 3.82. The van der Waals surface area contributed by atoms with Gasteiger partial charge in [0.05, 0.1) is 20.1 Å². The van der Waals surface area contributed by atoms with E-state index in [1.54, 1.807) is 36.3 Å². The maximum atomic E-state index is 12.9. The van der Waals surface area contributed by atoms with Gasteiger partial charge in [-0.1, -0.05) is 6.92 Å². The van der Waals surface area contributed by atoms with Gasteiger partial charge < -0.3 is 25.2 Å². The van der Waals surface area contributed by atoms with Crippen molar-refractivity contribution in [3.05, 3.63) is 24.3 Å². The van der Waals surface area contributed by atoms with Crippen LogP contribution in [0, 0.1) is 0 Å². The Balaban J connectivity index is 1.57. The summed E-state index contributed by atoms with van der Waals surface area (Å²) in [4.78, 5) is 43.9. The lowest BCUT2D eigenvalue weighted by Crippen LogP contribution is -2.60. The van der Waals surface area contributed by atoms with Crippen molar-refractivity contribution in [3.8, 4) is 5.75 Å². The molecule has 0 bridgehead atoms. The molecule has 2 aliphatic rings. The molecule has 2 saturated heterocycles. The number of hydrogen-bond donors (Lipinski definition) is 2. The van der Waals surface area contributed by atoms with Gasteiger partial charge in [0.1, 0.15) is 11.8 Å². The average Bonchev–Trinajstić information content (AvgIpc) is 2.76. The van der Waals surface area contributed by atoms with Crippen molar-refractivity contribution in [1.82, 2.24) is 20.0 Å². The highest BCUT2D eigenvalue weighted by atomic mass is 16.5. The van der Waals surface area contributed by atoms with Crippen LogP contribution in [0.3, 0.4) is 0 Å². The monoisotopic (exact) mass is 417 g/mol. The maximum absolute atomic E-state index is 12.9. The van der Waals surface area contributed by atoms with E-state index in [1.807, 2.05) is 0 Å². The Hall–Kier alpha value is -2.65. The molecule has 0 saturated carbocycles. The first-order valence-electron chi connectivity index (χ1n) is 10.5. The minimum atomic E-state index is -0.790. The number of piperazine rings is 2. The number of hydrogen-bond acceptors (Lipinski definition) is 6. The zero-order valence-corrected chi connectivity index (χ0v) is 17.7. The molecule has 3 rings (SSSR count). The second-order valence-electron chi connectivity index (χ2n) is 7.59. The number of benzene rings is 1. The highest BCUT2D eigenvalue weighted by Gasteiger charge is 2.35. The minimum absolute atomic E-state index is 0.0762. The van der Waals surface area contributed by atoms with E-state index in [9.17, 15) is 14.4 Å². The molecule has 2 N–H and O–H groups in total. The number of anilines is 1. The van der Waals surface area contributed by atoms with Crippen LogP contribution in [0.2, 0.25) is 0 Å². The zero-order valence-electron chi connectivity index (χ0n) is 17.7. The van der Waals surface area contributed by atoms with Crippen LogP contribution in [0.1, 0.15) is 13.3 Å². The maximum Gasteiger partial charge on any atom is 0.243 e. The fraction of sp³-hybridized carbons (Fsp3) is 0.571. The predicted molar refractivity (Wildman–Crippen MR) is 113 cm³/mol. The molecule has 30 heavy (non-hydrogen) atoms. The van der Waals surface area contributed by atoms with Crippen LogP contribution in [0.5, 0.6) is 5.75 Å². The molecule has 2 fully saturated rings. The molecule has 164 valence electrons. The second kappa shape index (κ2) is 10.4. The average molecular weight is 418 g/mol. The molecule has 0 aliphatic carbocycles. The van der Waals surface area contributed by atoms with Crippen molar-refractivity contribution < 1.29 is 19.1 Å². The van der Waals surface area contributed by atoms with Gasteiger partial charge in [0.25, 0.3) is 0 Å². The molecule has 3 amide bonds. The van der Waals surface area contributed by atoms with Crippen LogP contribution in [0.25, 0.3) is 0 Å². The topological polar surface area (TPSA) is 94.2 Å². The highest BCUT2D eigenvalue weighted by Crippen LogP contribution is 2.17. The van der Waals surface area contributed by atoms with Gasteiger partial charge in [-0.05, 0) is 30.8 Å². The third-order valence-electron chi connectivity index (χ3n) is 5.67. The van der Waals surface area contributed by atoms with Crippen molar-refractivity contribution in [3.63, 3.8) is 0 Å². The molecular formula is C21H31N5O4. The normalized spacial score (nSPS) is 20.5. The van der Waals surface area contributed by atoms with E-state index in [0.717, 1.165) is 32.7 Å². The third-order valence-corrected chi connectivity index (χ3v) is 5.67. The van der Waals surface area contributed by atoms with Gasteiger partial charge in [0.15, 0.2) is 0 Å². The molecular weight excluding hydrogens is 386 g/mol. The molecule has 9 nitrogen and oxygen atoms in total. The summed E-state index contributed by atoms with van der Waals surface area (Å²) in [6.07, 6.45) is -0.0762. The number of carbonyl (C=O) groups excluding carboxylic acids is 3. The van der Waals surface area contributed by atoms with Gasteiger partial charge in [-0.3, -0.25) is 19.3 Å². The molecule has 0 spiro atoms. The molecule has 0 radical (unpaired) electrons. The number of amides is 3. The third kappa shape index (κ3) is 5.70. The van der Waals surface area contributed by atoms with Crippen LogP contribution in [-0.4, -0.2) is 97.9 Å². The number of nitrogens with zero attached hydrogens (tertiary/aromatic N) is 3. The lowest BCUT2D eigenvalue weighted by Gasteiger charge is -2.38. The molecule has 2 heterocycles. The number of ether oxygens (including phenoxy) is 1. The molecule has 0 aromatic heterocycles. The zero-order chi connectivity index (χ0) is 21.5. The van der Waals surface area contributed by atoms with Gasteiger partial charge in [0, 0.05) is 45.0 Å². The van der Waals surface area contributed by atoms with E-state index in [-0.39, 0.29) is 30.7 Å². The summed E-state index contributed by atoms with van der Waals surface area (Å²) in [5, 5.41) is 5.55. The Kier molecular flexibility index (Phi) is 7.64. The summed E-state index contributed by atoms with van der Waals surface area (Å²) < 4.78 is 5.11. The fourth-order valence-electron chi connectivity index (χ4n) is 3.82. The Morgan fingerprint density at radius 1 is 1.10 bits per heavy atom. The van der Waals surface area contributed by atoms with Crippen LogP contribution in [0.4, 0.5) is 5.69 Å². The Morgan fingerprint density at radius 3 is 2.40 bits per heavy atom. The SMILES string of the molecule is CCN1CCN(CC(=O)N2CCNC(=O)[C@@H]2CC(=O)Nc2ccc(OC)cc2)CC1. The highest BCUT2D eigenvalue weighted by molar-refractivity contribution is 5.97. The van der Waals surface area contributed by atoms with E-state index in [1.165, 1.54) is 0 Å². The lowest BCUT2D eigenvalue weighted by atomic mass is 10.1. The van der Waals surface area contributed by atoms with E-state index < -0.39 is 6.04 Å². The van der Waals surface area contributed by atoms with Crippen molar-refractivity contribution in [1.29, 1.82) is 0 Å². The molecule has 1 aromatic rings. The molecule has 0 unspecified atom stereocenters. The molecule has 1 atom stereocenters. The van der Waals surface area contributed by atoms with Crippen molar-refractivity contribution >= 4 is 23.4 Å². The largest absolute Gasteiger partial charge is 0.497 e. The number of methoxy groups -OCH3 is 1. The number of nitrogens with one attached hydrogen (secondary N) is 2. The predicted octanol–water partition coefficient (Wildman–Crippen LogP) is -0.0117. The number of rotatable bonds is 7. The molecule has 9 heteroatoms. The molecule has 1 aromatic carbocycles.